The first-order valence-corrected chi connectivity index (χ1v) is 6.98. The lowest BCUT2D eigenvalue weighted by molar-refractivity contribution is 0.415. The van der Waals surface area contributed by atoms with Crippen molar-refractivity contribution in [2.45, 2.75) is 13.0 Å². The molecule has 0 aliphatic heterocycles. The molecule has 1 atom stereocenters. The van der Waals surface area contributed by atoms with Gasteiger partial charge in [-0.25, -0.2) is 18.4 Å². The number of aromatic nitrogens is 2. The molecule has 0 fully saturated rings. The predicted molar refractivity (Wildman–Crippen MR) is 65.8 cm³/mol. The molecule has 17 heavy (non-hydrogen) atoms. The molecule has 7 nitrogen and oxygen atoms in total. The van der Waals surface area contributed by atoms with Gasteiger partial charge in [0.1, 0.15) is 16.2 Å². The Kier molecular flexibility index (Phi) is 4.11. The lowest BCUT2D eigenvalue weighted by Crippen LogP contribution is -2.26. The van der Waals surface area contributed by atoms with Crippen LogP contribution in [0.5, 0.6) is 5.75 Å². The Morgan fingerprint density at radius 2 is 2.18 bits per heavy atom. The molecule has 8 heteroatoms. The first-order valence-electron chi connectivity index (χ1n) is 4.92. The maximum Gasteiger partial charge on any atom is 0.203 e. The van der Waals surface area contributed by atoms with Gasteiger partial charge in [-0.1, -0.05) is 0 Å². The van der Waals surface area contributed by atoms with Crippen molar-refractivity contribution >= 4 is 21.5 Å². The predicted octanol–water partition coefficient (Wildman–Crippen LogP) is -0.0876. The van der Waals surface area contributed by atoms with Gasteiger partial charge in [0.25, 0.3) is 0 Å². The molecule has 0 saturated heterocycles. The second kappa shape index (κ2) is 5.17. The summed E-state index contributed by atoms with van der Waals surface area (Å²) in [7, 11) is -1.61. The van der Waals surface area contributed by atoms with Gasteiger partial charge in [0, 0.05) is 12.3 Å². The minimum Gasteiger partial charge on any atom is -0.490 e. The third kappa shape index (κ3) is 4.06. The Bertz CT molecular complexity index is 489. The van der Waals surface area contributed by atoms with Crippen LogP contribution in [-0.4, -0.2) is 43.5 Å². The number of nitrogens with one attached hydrogen (secondary N) is 1. The second-order valence-electron chi connectivity index (χ2n) is 3.78. The van der Waals surface area contributed by atoms with E-state index < -0.39 is 9.84 Å². The fraction of sp³-hybridized carbons (Fsp3) is 0.556. The first-order chi connectivity index (χ1) is 7.83. The van der Waals surface area contributed by atoms with E-state index in [1.807, 2.05) is 0 Å². The van der Waals surface area contributed by atoms with Crippen LogP contribution < -0.4 is 15.8 Å². The number of anilines is 2. The molecular formula is C9H16N4O3S. The van der Waals surface area contributed by atoms with Crippen molar-refractivity contribution < 1.29 is 13.2 Å². The molecule has 96 valence electrons. The zero-order valence-corrected chi connectivity index (χ0v) is 10.8. The molecule has 0 aromatic carbocycles. The Balaban J connectivity index is 2.85. The second-order valence-corrected chi connectivity index (χ2v) is 5.96. The molecule has 1 aromatic rings. The summed E-state index contributed by atoms with van der Waals surface area (Å²) in [5, 5.41) is 2.92. The van der Waals surface area contributed by atoms with Crippen molar-refractivity contribution in [2.24, 2.45) is 0 Å². The summed E-state index contributed by atoms with van der Waals surface area (Å²) < 4.78 is 27.3. The van der Waals surface area contributed by atoms with E-state index in [9.17, 15) is 8.42 Å². The average Bonchev–Trinajstić information content (AvgIpc) is 2.14. The highest BCUT2D eigenvalue weighted by atomic mass is 32.2. The maximum atomic E-state index is 11.1. The summed E-state index contributed by atoms with van der Waals surface area (Å²) in [6.45, 7) is 1.73. The number of rotatable bonds is 5. The summed E-state index contributed by atoms with van der Waals surface area (Å²) in [5.74, 6) is 0.903. The summed E-state index contributed by atoms with van der Waals surface area (Å²) in [6, 6.07) is -0.298. The van der Waals surface area contributed by atoms with Crippen molar-refractivity contribution in [3.63, 3.8) is 0 Å². The minimum atomic E-state index is -3.05. The van der Waals surface area contributed by atoms with Gasteiger partial charge in [-0.05, 0) is 6.92 Å². The molecule has 1 aromatic heterocycles. The van der Waals surface area contributed by atoms with Crippen LogP contribution >= 0.6 is 0 Å². The summed E-state index contributed by atoms with van der Waals surface area (Å²) in [6.07, 6.45) is 2.46. The highest BCUT2D eigenvalue weighted by Crippen LogP contribution is 2.26. The molecule has 1 unspecified atom stereocenters. The molecule has 0 radical (unpaired) electrons. The van der Waals surface area contributed by atoms with E-state index in [1.165, 1.54) is 19.7 Å². The number of methoxy groups -OCH3 is 1. The highest BCUT2D eigenvalue weighted by Gasteiger charge is 2.15. The number of nitrogen functional groups attached to an aromatic ring is 1. The van der Waals surface area contributed by atoms with Crippen LogP contribution in [0.4, 0.5) is 11.6 Å². The summed E-state index contributed by atoms with van der Waals surface area (Å²) in [4.78, 5) is 7.73. The molecule has 1 rings (SSSR count). The molecule has 0 bridgehead atoms. The van der Waals surface area contributed by atoms with Crippen LogP contribution in [0, 0.1) is 0 Å². The van der Waals surface area contributed by atoms with Gasteiger partial charge in [-0.15, -0.1) is 0 Å². The van der Waals surface area contributed by atoms with Crippen LogP contribution in [0.1, 0.15) is 6.92 Å². The highest BCUT2D eigenvalue weighted by molar-refractivity contribution is 7.90. The lowest BCUT2D eigenvalue weighted by atomic mass is 10.3. The lowest BCUT2D eigenvalue weighted by Gasteiger charge is -2.15. The number of nitrogens with zero attached hydrogens (tertiary/aromatic N) is 2. The molecule has 0 aliphatic rings. The van der Waals surface area contributed by atoms with E-state index in [2.05, 4.69) is 15.3 Å². The maximum absolute atomic E-state index is 11.1. The van der Waals surface area contributed by atoms with Crippen LogP contribution in [0.25, 0.3) is 0 Å². The third-order valence-corrected chi connectivity index (χ3v) is 3.08. The average molecular weight is 260 g/mol. The SMILES string of the molecule is COc1c(N)ncnc1NC(C)CS(C)(=O)=O. The van der Waals surface area contributed by atoms with Crippen molar-refractivity contribution in [1.29, 1.82) is 0 Å². The zero-order chi connectivity index (χ0) is 13.1. The van der Waals surface area contributed by atoms with Crippen molar-refractivity contribution in [3.05, 3.63) is 6.33 Å². The molecule has 0 aliphatic carbocycles. The third-order valence-electron chi connectivity index (χ3n) is 1.97. The Labute approximate surface area is 100 Å². The van der Waals surface area contributed by atoms with Gasteiger partial charge in [-0.3, -0.25) is 0 Å². The quantitative estimate of drug-likeness (QED) is 0.761. The van der Waals surface area contributed by atoms with Crippen molar-refractivity contribution in [1.82, 2.24) is 9.97 Å². The Morgan fingerprint density at radius 1 is 1.53 bits per heavy atom. The number of sulfone groups is 1. The van der Waals surface area contributed by atoms with Crippen LogP contribution in [-0.2, 0) is 9.84 Å². The monoisotopic (exact) mass is 260 g/mol. The smallest absolute Gasteiger partial charge is 0.203 e. The molecule has 0 saturated carbocycles. The van der Waals surface area contributed by atoms with Gasteiger partial charge in [-0.2, -0.15) is 0 Å². The van der Waals surface area contributed by atoms with E-state index >= 15 is 0 Å². The van der Waals surface area contributed by atoms with E-state index in [1.54, 1.807) is 6.92 Å². The fourth-order valence-corrected chi connectivity index (χ4v) is 2.41. The van der Waals surface area contributed by atoms with E-state index in [4.69, 9.17) is 10.5 Å². The van der Waals surface area contributed by atoms with E-state index in [0.29, 0.717) is 11.6 Å². The molecule has 0 spiro atoms. The molecule has 0 amide bonds. The van der Waals surface area contributed by atoms with Gasteiger partial charge < -0.3 is 15.8 Å². The Hall–Kier alpha value is -1.57. The first kappa shape index (κ1) is 13.5. The summed E-state index contributed by atoms with van der Waals surface area (Å²) in [5.41, 5.74) is 5.60. The zero-order valence-electron chi connectivity index (χ0n) is 9.97. The van der Waals surface area contributed by atoms with Crippen molar-refractivity contribution in [3.8, 4) is 5.75 Å². The number of nitrogens with two attached hydrogens (primary N) is 1. The van der Waals surface area contributed by atoms with Crippen LogP contribution in [0.3, 0.4) is 0 Å². The topological polar surface area (TPSA) is 107 Å². The van der Waals surface area contributed by atoms with Crippen LogP contribution in [0.2, 0.25) is 0 Å². The van der Waals surface area contributed by atoms with Gasteiger partial charge >= 0.3 is 0 Å². The fourth-order valence-electron chi connectivity index (χ4n) is 1.42. The van der Waals surface area contributed by atoms with Gasteiger partial charge in [0.2, 0.25) is 5.75 Å². The largest absolute Gasteiger partial charge is 0.490 e. The molecule has 1 heterocycles. The van der Waals surface area contributed by atoms with Gasteiger partial charge in [0.05, 0.1) is 12.9 Å². The van der Waals surface area contributed by atoms with E-state index in [0.717, 1.165) is 0 Å². The molecular weight excluding hydrogens is 244 g/mol. The van der Waals surface area contributed by atoms with Crippen LogP contribution in [0.15, 0.2) is 6.33 Å². The van der Waals surface area contributed by atoms with Gasteiger partial charge in [0.15, 0.2) is 11.6 Å². The summed E-state index contributed by atoms with van der Waals surface area (Å²) >= 11 is 0. The van der Waals surface area contributed by atoms with Crippen molar-refractivity contribution in [2.75, 3.05) is 30.2 Å². The minimum absolute atomic E-state index is 0.0000614. The Morgan fingerprint density at radius 3 is 2.71 bits per heavy atom. The molecule has 3 N–H and O–H groups in total. The number of hydrogen-bond acceptors (Lipinski definition) is 7. The standard InChI is InChI=1S/C9H16N4O3S/c1-6(4-17(3,14)15)13-9-7(16-2)8(10)11-5-12-9/h5-6H,4H2,1-3H3,(H3,10,11,12,13). The normalized spacial score (nSPS) is 13.1. The number of ether oxygens (including phenoxy) is 1. The van der Waals surface area contributed by atoms with E-state index in [-0.39, 0.29) is 17.6 Å². The number of hydrogen-bond donors (Lipinski definition) is 2.